The highest BCUT2D eigenvalue weighted by molar-refractivity contribution is 8.00. The second-order valence-electron chi connectivity index (χ2n) is 4.53. The van der Waals surface area contributed by atoms with Gasteiger partial charge in [0.05, 0.1) is 10.6 Å². The van der Waals surface area contributed by atoms with Crippen molar-refractivity contribution >= 4 is 38.8 Å². The van der Waals surface area contributed by atoms with E-state index in [4.69, 9.17) is 11.6 Å². The van der Waals surface area contributed by atoms with E-state index in [0.717, 1.165) is 5.65 Å². The molecule has 0 aliphatic heterocycles. The molecule has 2 aromatic heterocycles. The Labute approximate surface area is 137 Å². The smallest absolute Gasteiger partial charge is 0.195 e. The van der Waals surface area contributed by atoms with Crippen LogP contribution in [0.15, 0.2) is 58.7 Å². The highest BCUT2D eigenvalue weighted by atomic mass is 35.5. The van der Waals surface area contributed by atoms with Gasteiger partial charge in [-0.25, -0.2) is 8.42 Å². The predicted octanol–water partition coefficient (Wildman–Crippen LogP) is 2.95. The molecule has 0 radical (unpaired) electrons. The van der Waals surface area contributed by atoms with Crippen molar-refractivity contribution in [2.75, 3.05) is 11.5 Å². The minimum absolute atomic E-state index is 0.0288. The van der Waals surface area contributed by atoms with Crippen LogP contribution in [0.5, 0.6) is 0 Å². The highest BCUT2D eigenvalue weighted by Gasteiger charge is 2.15. The first-order chi connectivity index (χ1) is 10.6. The highest BCUT2D eigenvalue weighted by Crippen LogP contribution is 2.20. The topological polar surface area (TPSA) is 64.3 Å². The Hall–Kier alpha value is -1.57. The lowest BCUT2D eigenvalue weighted by molar-refractivity contribution is 0.597. The number of pyridine rings is 1. The maximum Gasteiger partial charge on any atom is 0.195 e. The molecular weight excluding hydrogens is 342 g/mol. The Morgan fingerprint density at radius 2 is 1.86 bits per heavy atom. The lowest BCUT2D eigenvalue weighted by Gasteiger charge is -2.04. The molecular formula is C14H12ClN3O2S2. The number of nitrogens with zero attached hydrogens (tertiary/aromatic N) is 3. The quantitative estimate of drug-likeness (QED) is 0.660. The van der Waals surface area contributed by atoms with Crippen LogP contribution >= 0.6 is 23.4 Å². The van der Waals surface area contributed by atoms with Crippen molar-refractivity contribution in [1.29, 1.82) is 0 Å². The van der Waals surface area contributed by atoms with Gasteiger partial charge >= 0.3 is 0 Å². The minimum Gasteiger partial charge on any atom is -0.277 e. The van der Waals surface area contributed by atoms with Gasteiger partial charge in [0.25, 0.3) is 0 Å². The van der Waals surface area contributed by atoms with Crippen molar-refractivity contribution in [1.82, 2.24) is 14.6 Å². The number of benzene rings is 1. The molecule has 3 rings (SSSR count). The first-order valence-corrected chi connectivity index (χ1v) is 9.49. The fraction of sp³-hybridized carbons (Fsp3) is 0.143. The zero-order chi connectivity index (χ0) is 15.6. The van der Waals surface area contributed by atoms with Crippen molar-refractivity contribution in [3.8, 4) is 0 Å². The first-order valence-electron chi connectivity index (χ1n) is 6.47. The molecule has 0 bridgehead atoms. The van der Waals surface area contributed by atoms with Crippen LogP contribution in [0, 0.1) is 0 Å². The normalized spacial score (nSPS) is 11.9. The number of sulfone groups is 1. The van der Waals surface area contributed by atoms with Gasteiger partial charge in [-0.2, -0.15) is 0 Å². The lowest BCUT2D eigenvalue weighted by Crippen LogP contribution is -2.09. The summed E-state index contributed by atoms with van der Waals surface area (Å²) >= 11 is 7.14. The fourth-order valence-electron chi connectivity index (χ4n) is 1.92. The second-order valence-corrected chi connectivity index (χ2v) is 8.14. The number of halogens is 1. The molecule has 1 aromatic carbocycles. The zero-order valence-electron chi connectivity index (χ0n) is 11.4. The number of rotatable bonds is 5. The standard InChI is InChI=1S/C14H12ClN3O2S2/c15-11-4-6-12(7-5-11)22(19,20)10-9-21-14-17-16-13-3-1-2-8-18(13)14/h1-8H,9-10H2. The molecule has 0 fully saturated rings. The van der Waals surface area contributed by atoms with E-state index < -0.39 is 9.84 Å². The van der Waals surface area contributed by atoms with Crippen LogP contribution in [0.2, 0.25) is 5.02 Å². The summed E-state index contributed by atoms with van der Waals surface area (Å²) in [6.07, 6.45) is 1.85. The van der Waals surface area contributed by atoms with Crippen LogP contribution in [-0.4, -0.2) is 34.5 Å². The maximum absolute atomic E-state index is 12.2. The van der Waals surface area contributed by atoms with E-state index in [2.05, 4.69) is 10.2 Å². The number of hydrogen-bond donors (Lipinski definition) is 0. The van der Waals surface area contributed by atoms with Gasteiger partial charge in [0.15, 0.2) is 20.6 Å². The van der Waals surface area contributed by atoms with Crippen LogP contribution in [0.1, 0.15) is 0 Å². The molecule has 0 amide bonds. The van der Waals surface area contributed by atoms with Crippen LogP contribution in [0.4, 0.5) is 0 Å². The van der Waals surface area contributed by atoms with Crippen LogP contribution in [0.3, 0.4) is 0 Å². The van der Waals surface area contributed by atoms with Gasteiger partial charge in [-0.15, -0.1) is 10.2 Å². The van der Waals surface area contributed by atoms with Gasteiger partial charge < -0.3 is 0 Å². The summed E-state index contributed by atoms with van der Waals surface area (Å²) < 4.78 is 26.3. The maximum atomic E-state index is 12.2. The number of fused-ring (bicyclic) bond motifs is 1. The average molecular weight is 354 g/mol. The van der Waals surface area contributed by atoms with Crippen molar-refractivity contribution in [3.05, 3.63) is 53.7 Å². The Kier molecular flexibility index (Phi) is 4.37. The molecule has 0 atom stereocenters. The monoisotopic (exact) mass is 353 g/mol. The molecule has 0 aliphatic rings. The van der Waals surface area contributed by atoms with Gasteiger partial charge in [-0.1, -0.05) is 29.4 Å². The molecule has 0 aliphatic carbocycles. The van der Waals surface area contributed by atoms with Gasteiger partial charge in [0.2, 0.25) is 0 Å². The van der Waals surface area contributed by atoms with E-state index in [1.807, 2.05) is 28.8 Å². The molecule has 3 aromatic rings. The molecule has 0 unspecified atom stereocenters. The summed E-state index contributed by atoms with van der Waals surface area (Å²) in [5.41, 5.74) is 0.741. The van der Waals surface area contributed by atoms with Crippen molar-refractivity contribution in [2.24, 2.45) is 0 Å². The second kappa shape index (κ2) is 6.28. The Morgan fingerprint density at radius 3 is 2.64 bits per heavy atom. The summed E-state index contributed by atoms with van der Waals surface area (Å²) in [6, 6.07) is 11.8. The summed E-state index contributed by atoms with van der Waals surface area (Å²) in [6.45, 7) is 0. The molecule has 5 nitrogen and oxygen atoms in total. The molecule has 0 N–H and O–H groups in total. The van der Waals surface area contributed by atoms with Gasteiger partial charge in [-0.05, 0) is 36.4 Å². The largest absolute Gasteiger partial charge is 0.277 e. The molecule has 22 heavy (non-hydrogen) atoms. The summed E-state index contributed by atoms with van der Waals surface area (Å²) in [5.74, 6) is 0.432. The van der Waals surface area contributed by atoms with E-state index in [0.29, 0.717) is 15.9 Å². The first kappa shape index (κ1) is 15.3. The van der Waals surface area contributed by atoms with Crippen LogP contribution in [-0.2, 0) is 9.84 Å². The molecule has 0 spiro atoms. The summed E-state index contributed by atoms with van der Waals surface area (Å²) in [4.78, 5) is 0.281. The van der Waals surface area contributed by atoms with Crippen molar-refractivity contribution in [3.63, 3.8) is 0 Å². The van der Waals surface area contributed by atoms with E-state index in [1.54, 1.807) is 12.1 Å². The van der Waals surface area contributed by atoms with E-state index in [-0.39, 0.29) is 10.6 Å². The third-order valence-corrected chi connectivity index (χ3v) is 6.23. The van der Waals surface area contributed by atoms with E-state index >= 15 is 0 Å². The van der Waals surface area contributed by atoms with E-state index in [1.165, 1.54) is 23.9 Å². The third kappa shape index (κ3) is 3.26. The lowest BCUT2D eigenvalue weighted by atomic mass is 10.4. The SMILES string of the molecule is O=S(=O)(CCSc1nnc2ccccn12)c1ccc(Cl)cc1. The van der Waals surface area contributed by atoms with Crippen molar-refractivity contribution in [2.45, 2.75) is 10.1 Å². The molecule has 114 valence electrons. The molecule has 0 saturated heterocycles. The number of aromatic nitrogens is 3. The molecule has 8 heteroatoms. The summed E-state index contributed by atoms with van der Waals surface area (Å²) in [7, 11) is -3.32. The third-order valence-electron chi connectivity index (χ3n) is 3.04. The number of thioether (sulfide) groups is 1. The van der Waals surface area contributed by atoms with Gasteiger partial charge in [0, 0.05) is 17.0 Å². The van der Waals surface area contributed by atoms with Crippen LogP contribution in [0.25, 0.3) is 5.65 Å². The number of hydrogen-bond acceptors (Lipinski definition) is 5. The minimum atomic E-state index is -3.32. The zero-order valence-corrected chi connectivity index (χ0v) is 13.8. The fourth-order valence-corrected chi connectivity index (χ4v) is 4.62. The summed E-state index contributed by atoms with van der Waals surface area (Å²) in [5, 5.41) is 9.29. The average Bonchev–Trinajstić information content (AvgIpc) is 2.91. The van der Waals surface area contributed by atoms with Crippen LogP contribution < -0.4 is 0 Å². The Bertz CT molecular complexity index is 892. The van der Waals surface area contributed by atoms with E-state index in [9.17, 15) is 8.42 Å². The van der Waals surface area contributed by atoms with Gasteiger partial charge in [-0.3, -0.25) is 4.40 Å². The van der Waals surface area contributed by atoms with Crippen molar-refractivity contribution < 1.29 is 8.42 Å². The Morgan fingerprint density at radius 1 is 1.09 bits per heavy atom. The molecule has 0 saturated carbocycles. The predicted molar refractivity (Wildman–Crippen MR) is 87.2 cm³/mol. The van der Waals surface area contributed by atoms with Gasteiger partial charge in [0.1, 0.15) is 0 Å². The Balaban J connectivity index is 1.68. The molecule has 2 heterocycles.